The molecule has 32 heavy (non-hydrogen) atoms. The number of nitrogens with zero attached hydrogens (tertiary/aromatic N) is 4. The molecular formula is C23H26N4O4S. The Morgan fingerprint density at radius 2 is 1.84 bits per heavy atom. The number of aromatic nitrogens is 2. The quantitative estimate of drug-likeness (QED) is 0.585. The molecule has 168 valence electrons. The zero-order chi connectivity index (χ0) is 22.1. The van der Waals surface area contributed by atoms with Crippen molar-refractivity contribution in [2.45, 2.75) is 19.1 Å². The van der Waals surface area contributed by atoms with Crippen LogP contribution in [0.3, 0.4) is 0 Å². The zero-order valence-electron chi connectivity index (χ0n) is 17.8. The first-order chi connectivity index (χ1) is 15.5. The summed E-state index contributed by atoms with van der Waals surface area (Å²) in [5.74, 6) is 1.21. The van der Waals surface area contributed by atoms with Crippen LogP contribution in [-0.4, -0.2) is 77.2 Å². The van der Waals surface area contributed by atoms with E-state index in [1.54, 1.807) is 12.1 Å². The maximum atomic E-state index is 12.9. The van der Waals surface area contributed by atoms with Gasteiger partial charge in [0.25, 0.3) is 5.91 Å². The number of rotatable bonds is 5. The number of carbonyl (C=O) groups is 1. The van der Waals surface area contributed by atoms with Crippen molar-refractivity contribution in [2.24, 2.45) is 0 Å². The molecule has 0 bridgehead atoms. The van der Waals surface area contributed by atoms with Crippen molar-refractivity contribution in [1.29, 1.82) is 0 Å². The van der Waals surface area contributed by atoms with Crippen LogP contribution in [0.5, 0.6) is 5.75 Å². The van der Waals surface area contributed by atoms with Gasteiger partial charge in [0.2, 0.25) is 0 Å². The molecule has 1 unspecified atom stereocenters. The summed E-state index contributed by atoms with van der Waals surface area (Å²) >= 11 is 0. The van der Waals surface area contributed by atoms with E-state index in [1.165, 1.54) is 0 Å². The second kappa shape index (κ2) is 8.55. The van der Waals surface area contributed by atoms with Gasteiger partial charge in [-0.15, -0.1) is 0 Å². The maximum absolute atomic E-state index is 12.9. The van der Waals surface area contributed by atoms with E-state index in [0.717, 1.165) is 11.3 Å². The molecule has 1 aromatic carbocycles. The molecule has 0 radical (unpaired) electrons. The average molecular weight is 455 g/mol. The van der Waals surface area contributed by atoms with Gasteiger partial charge in [0.15, 0.2) is 9.84 Å². The highest BCUT2D eigenvalue weighted by Gasteiger charge is 2.34. The van der Waals surface area contributed by atoms with Crippen molar-refractivity contribution in [1.82, 2.24) is 19.2 Å². The summed E-state index contributed by atoms with van der Waals surface area (Å²) in [5, 5.41) is 0. The molecule has 0 aliphatic carbocycles. The molecule has 8 nitrogen and oxygen atoms in total. The third-order valence-electron chi connectivity index (χ3n) is 6.23. The van der Waals surface area contributed by atoms with E-state index < -0.39 is 9.84 Å². The molecule has 5 rings (SSSR count). The molecule has 2 aliphatic heterocycles. The summed E-state index contributed by atoms with van der Waals surface area (Å²) in [7, 11) is -2.89. The topological polar surface area (TPSA) is 84.2 Å². The average Bonchev–Trinajstić information content (AvgIpc) is 3.40. The number of sulfone groups is 1. The molecule has 2 aliphatic rings. The number of fused-ring (bicyclic) bond motifs is 1. The summed E-state index contributed by atoms with van der Waals surface area (Å²) in [6, 6.07) is 13.1. The molecule has 4 heterocycles. The van der Waals surface area contributed by atoms with Crippen molar-refractivity contribution < 1.29 is 17.9 Å². The van der Waals surface area contributed by atoms with Crippen molar-refractivity contribution in [2.75, 3.05) is 37.7 Å². The lowest BCUT2D eigenvalue weighted by Crippen LogP contribution is -2.52. The number of carbonyl (C=O) groups excluding carboxylic acids is 1. The van der Waals surface area contributed by atoms with Gasteiger partial charge in [0, 0.05) is 50.2 Å². The Hall–Kier alpha value is -2.91. The SMILES string of the molecule is O=C(c1ccc(OCc2cn3ccccc3n2)cc1)N1CCN(C2CCS(=O)(=O)C2)CC1. The van der Waals surface area contributed by atoms with Crippen molar-refractivity contribution in [3.05, 3.63) is 66.1 Å². The molecule has 2 saturated heterocycles. The highest BCUT2D eigenvalue weighted by atomic mass is 32.2. The Balaban J connectivity index is 1.14. The number of benzene rings is 1. The predicted molar refractivity (Wildman–Crippen MR) is 121 cm³/mol. The fourth-order valence-corrected chi connectivity index (χ4v) is 6.21. The monoisotopic (exact) mass is 454 g/mol. The lowest BCUT2D eigenvalue weighted by atomic mass is 10.1. The van der Waals surface area contributed by atoms with Crippen molar-refractivity contribution >= 4 is 21.4 Å². The second-order valence-corrected chi connectivity index (χ2v) is 10.6. The molecule has 3 aromatic rings. The standard InChI is InChI=1S/C23H26N4O4S/c28-23(26-12-10-25(11-13-26)20-8-14-32(29,30)17-20)18-4-6-21(7-5-18)31-16-19-15-27-9-2-1-3-22(27)24-19/h1-7,9,15,20H,8,10-14,16-17H2. The van der Waals surface area contributed by atoms with Gasteiger partial charge < -0.3 is 14.0 Å². The van der Waals surface area contributed by atoms with Gasteiger partial charge in [-0.25, -0.2) is 13.4 Å². The van der Waals surface area contributed by atoms with E-state index in [-0.39, 0.29) is 23.5 Å². The third kappa shape index (κ3) is 4.49. The van der Waals surface area contributed by atoms with Crippen molar-refractivity contribution in [3.63, 3.8) is 0 Å². The smallest absolute Gasteiger partial charge is 0.253 e. The Labute approximate surface area is 187 Å². The highest BCUT2D eigenvalue weighted by Crippen LogP contribution is 2.21. The van der Waals surface area contributed by atoms with Crippen LogP contribution in [-0.2, 0) is 16.4 Å². The first kappa shape index (κ1) is 21.0. The van der Waals surface area contributed by atoms with Crippen LogP contribution < -0.4 is 4.74 Å². The molecule has 0 N–H and O–H groups in total. The Morgan fingerprint density at radius 3 is 2.53 bits per heavy atom. The van der Waals surface area contributed by atoms with E-state index in [1.807, 2.05) is 52.0 Å². The predicted octanol–water partition coefficient (Wildman–Crippen LogP) is 1.86. The Kier molecular flexibility index (Phi) is 5.60. The van der Waals surface area contributed by atoms with Crippen LogP contribution in [0.4, 0.5) is 0 Å². The van der Waals surface area contributed by atoms with E-state index in [2.05, 4.69) is 9.88 Å². The minimum absolute atomic E-state index is 0.00408. The normalized spacial score (nSPS) is 21.1. The van der Waals surface area contributed by atoms with E-state index in [4.69, 9.17) is 4.74 Å². The van der Waals surface area contributed by atoms with Gasteiger partial charge >= 0.3 is 0 Å². The number of ether oxygens (including phenoxy) is 1. The van der Waals surface area contributed by atoms with E-state index >= 15 is 0 Å². The third-order valence-corrected chi connectivity index (χ3v) is 7.98. The van der Waals surface area contributed by atoms with E-state index in [9.17, 15) is 13.2 Å². The van der Waals surface area contributed by atoms with Crippen LogP contribution in [0, 0.1) is 0 Å². The molecule has 0 saturated carbocycles. The molecular weight excluding hydrogens is 428 g/mol. The zero-order valence-corrected chi connectivity index (χ0v) is 18.6. The van der Waals surface area contributed by atoms with Crippen LogP contribution in [0.2, 0.25) is 0 Å². The van der Waals surface area contributed by atoms with Gasteiger partial charge in [0.05, 0.1) is 17.2 Å². The number of hydrogen-bond donors (Lipinski definition) is 0. The summed E-state index contributed by atoms with van der Waals surface area (Å²) in [6.07, 6.45) is 4.59. The van der Waals surface area contributed by atoms with Gasteiger partial charge in [-0.2, -0.15) is 0 Å². The lowest BCUT2D eigenvalue weighted by Gasteiger charge is -2.37. The number of hydrogen-bond acceptors (Lipinski definition) is 6. The van der Waals surface area contributed by atoms with Gasteiger partial charge in [0.1, 0.15) is 18.0 Å². The van der Waals surface area contributed by atoms with Crippen LogP contribution in [0.25, 0.3) is 5.65 Å². The van der Waals surface area contributed by atoms with Gasteiger partial charge in [-0.3, -0.25) is 9.69 Å². The van der Waals surface area contributed by atoms with Gasteiger partial charge in [-0.1, -0.05) is 6.07 Å². The molecule has 9 heteroatoms. The Bertz CT molecular complexity index is 1180. The second-order valence-electron chi connectivity index (χ2n) is 8.40. The minimum Gasteiger partial charge on any atom is -0.487 e. The summed E-state index contributed by atoms with van der Waals surface area (Å²) in [4.78, 5) is 21.4. The first-order valence-electron chi connectivity index (χ1n) is 10.9. The maximum Gasteiger partial charge on any atom is 0.253 e. The number of pyridine rings is 1. The summed E-state index contributed by atoms with van der Waals surface area (Å²) in [5.41, 5.74) is 2.34. The summed E-state index contributed by atoms with van der Waals surface area (Å²) in [6.45, 7) is 3.01. The Morgan fingerprint density at radius 1 is 1.06 bits per heavy atom. The van der Waals surface area contributed by atoms with Crippen LogP contribution in [0.15, 0.2) is 54.9 Å². The molecule has 0 spiro atoms. The van der Waals surface area contributed by atoms with E-state index in [0.29, 0.717) is 50.5 Å². The molecule has 2 aromatic heterocycles. The fraction of sp³-hybridized carbons (Fsp3) is 0.391. The molecule has 1 amide bonds. The molecule has 2 fully saturated rings. The number of piperazine rings is 1. The minimum atomic E-state index is -2.89. The highest BCUT2D eigenvalue weighted by molar-refractivity contribution is 7.91. The van der Waals surface area contributed by atoms with Crippen LogP contribution in [0.1, 0.15) is 22.5 Å². The fourth-order valence-electron chi connectivity index (χ4n) is 4.44. The number of imidazole rings is 1. The lowest BCUT2D eigenvalue weighted by molar-refractivity contribution is 0.0588. The number of amides is 1. The van der Waals surface area contributed by atoms with Gasteiger partial charge in [-0.05, 0) is 42.8 Å². The largest absolute Gasteiger partial charge is 0.487 e. The van der Waals surface area contributed by atoms with Crippen LogP contribution >= 0.6 is 0 Å². The molecule has 1 atom stereocenters. The summed E-state index contributed by atoms with van der Waals surface area (Å²) < 4.78 is 31.2. The van der Waals surface area contributed by atoms with Crippen molar-refractivity contribution in [3.8, 4) is 5.75 Å². The first-order valence-corrected chi connectivity index (χ1v) is 12.7.